The Balaban J connectivity index is 0.993. The Morgan fingerprint density at radius 2 is 0.938 bits per heavy atom. The lowest BCUT2D eigenvalue weighted by Crippen LogP contribution is -2.58. The van der Waals surface area contributed by atoms with Crippen molar-refractivity contribution in [2.75, 3.05) is 25.6 Å². The highest BCUT2D eigenvalue weighted by molar-refractivity contribution is 8.00. The molecule has 8 N–H and O–H groups in total. The Morgan fingerprint density at radius 1 is 0.600 bits per heavy atom. The molecule has 8 amide bonds. The topological polar surface area (TPSA) is 262 Å². The highest BCUT2D eigenvalue weighted by Crippen LogP contribution is 2.48. The third kappa shape index (κ3) is 14.0. The van der Waals surface area contributed by atoms with E-state index in [0.29, 0.717) is 48.3 Å². The van der Waals surface area contributed by atoms with Gasteiger partial charge in [0.05, 0.1) is 32.8 Å². The molecular weight excluding hydrogens is 1100 g/mol. The van der Waals surface area contributed by atoms with Gasteiger partial charge in [0.1, 0.15) is 36.3 Å². The van der Waals surface area contributed by atoms with E-state index in [9.17, 15) is 48.6 Å². The summed E-state index contributed by atoms with van der Waals surface area (Å²) >= 11 is 14.2. The van der Waals surface area contributed by atoms with E-state index in [0.717, 1.165) is 20.9 Å². The molecule has 430 valence electrons. The number of carboxylic acid groups (broad SMARTS) is 2. The van der Waals surface area contributed by atoms with Crippen molar-refractivity contribution in [3.8, 4) is 0 Å². The van der Waals surface area contributed by atoms with Crippen LogP contribution in [0.25, 0.3) is 0 Å². The molecule has 4 heterocycles. The number of fused-ring (bicyclic) bond motifs is 2. The number of carbonyl (C=O) groups excluding carboxylic acids is 6. The molecule has 0 aliphatic carbocycles. The van der Waals surface area contributed by atoms with Crippen molar-refractivity contribution in [2.24, 2.45) is 10.8 Å². The summed E-state index contributed by atoms with van der Waals surface area (Å²) in [7, 11) is 2.80. The summed E-state index contributed by atoms with van der Waals surface area (Å²) in [6.07, 6.45) is -0.456. The first-order valence-corrected chi connectivity index (χ1v) is 29.5. The maximum atomic E-state index is 14.6. The van der Waals surface area contributed by atoms with Crippen molar-refractivity contribution in [3.05, 3.63) is 107 Å². The number of benzene rings is 3. The number of hydrogen-bond donors (Lipinski definition) is 8. The fourth-order valence-corrected chi connectivity index (χ4v) is 14.4. The summed E-state index contributed by atoms with van der Waals surface area (Å²) in [4.78, 5) is 115. The van der Waals surface area contributed by atoms with Crippen LogP contribution in [0.2, 0.25) is 0 Å². The van der Waals surface area contributed by atoms with E-state index in [1.54, 1.807) is 108 Å². The quantitative estimate of drug-likeness (QED) is 0.0744. The van der Waals surface area contributed by atoms with Gasteiger partial charge in [0.15, 0.2) is 0 Å². The predicted molar refractivity (Wildman–Crippen MR) is 314 cm³/mol. The van der Waals surface area contributed by atoms with E-state index in [2.05, 4.69) is 31.9 Å². The van der Waals surface area contributed by atoms with Gasteiger partial charge < -0.3 is 61.7 Å². The van der Waals surface area contributed by atoms with Gasteiger partial charge in [-0.25, -0.2) is 9.59 Å². The largest absolute Gasteiger partial charge is 0.465 e. The lowest BCUT2D eigenvalue weighted by molar-refractivity contribution is -0.143. The molecule has 0 bridgehead atoms. The number of amides is 8. The molecule has 4 saturated heterocycles. The van der Waals surface area contributed by atoms with Crippen LogP contribution in [-0.4, -0.2) is 160 Å². The molecule has 0 radical (unpaired) electrons. The number of rotatable bonds is 18. The minimum atomic E-state index is -1.17. The maximum Gasteiger partial charge on any atom is 0.407 e. The molecule has 4 aliphatic heterocycles. The van der Waals surface area contributed by atoms with Crippen LogP contribution in [0.1, 0.15) is 102 Å². The molecule has 0 aromatic heterocycles. The van der Waals surface area contributed by atoms with Gasteiger partial charge in [-0.2, -0.15) is 0 Å². The average molecular weight is 1170 g/mol. The molecule has 20 nitrogen and oxygen atoms in total. The molecule has 10 atom stereocenters. The molecule has 0 spiro atoms. The molecule has 7 rings (SSSR count). The Kier molecular flexibility index (Phi) is 19.8. The van der Waals surface area contributed by atoms with E-state index in [-0.39, 0.29) is 45.6 Å². The van der Waals surface area contributed by atoms with Gasteiger partial charge in [-0.05, 0) is 84.1 Å². The van der Waals surface area contributed by atoms with Crippen LogP contribution in [0.4, 0.5) is 9.59 Å². The van der Waals surface area contributed by atoms with Crippen LogP contribution in [0, 0.1) is 10.8 Å². The standard InChI is InChI=1S/C56H72N10O10S4/c1-31(63(7)53(73)74)49(77)59-37-23-25-79-39-27-55(3,4)43(65(39)51(37)71)47(69)61-41(35-15-11-9-12-16-35)45(67)57-29-33-19-21-34(22-20-33)30-58-46(68)42(36-17-13-10-14-18-36)62-48(70)44-56(5,6)28-40-66(44)52(72)38(24-26-80-40)60-50(78)32(2)64(8)54(75)76/h9-22,31-32,37-44H,23-30H2,1-8H3,(H,57,67)(H,58,68)(H,59,77)(H,60,78)(H,61,69)(H,62,70)(H,73,74)(H,75,76)/t31?,32?,37-,38-,39-,40-,41-,42-,43+,44+/m0/s1. The summed E-state index contributed by atoms with van der Waals surface area (Å²) < 4.78 is 0. The van der Waals surface area contributed by atoms with Crippen molar-refractivity contribution >= 4 is 106 Å². The smallest absolute Gasteiger partial charge is 0.407 e. The number of nitrogens with zero attached hydrogens (tertiary/aromatic N) is 4. The van der Waals surface area contributed by atoms with Gasteiger partial charge in [-0.15, -0.1) is 23.5 Å². The molecule has 0 saturated carbocycles. The average Bonchev–Trinajstić information content (AvgIpc) is 4.03. The van der Waals surface area contributed by atoms with E-state index in [1.807, 2.05) is 52.0 Å². The minimum Gasteiger partial charge on any atom is -0.465 e. The van der Waals surface area contributed by atoms with Gasteiger partial charge in [0.2, 0.25) is 35.4 Å². The lowest BCUT2D eigenvalue weighted by Gasteiger charge is -2.35. The Bertz CT molecular complexity index is 2640. The van der Waals surface area contributed by atoms with Gasteiger partial charge in [-0.1, -0.05) is 137 Å². The molecule has 2 unspecified atom stereocenters. The lowest BCUT2D eigenvalue weighted by atomic mass is 9.83. The number of thioether (sulfide) groups is 2. The molecule has 3 aromatic rings. The van der Waals surface area contributed by atoms with Crippen molar-refractivity contribution in [2.45, 2.75) is 139 Å². The Morgan fingerprint density at radius 3 is 1.26 bits per heavy atom. The summed E-state index contributed by atoms with van der Waals surface area (Å²) in [5, 5.41) is 36.5. The highest BCUT2D eigenvalue weighted by atomic mass is 32.2. The number of nitrogens with one attached hydrogen (secondary N) is 6. The summed E-state index contributed by atoms with van der Waals surface area (Å²) in [6, 6.07) is 17.8. The number of hydrogen-bond acceptors (Lipinski definition) is 12. The van der Waals surface area contributed by atoms with Crippen LogP contribution in [0.5, 0.6) is 0 Å². The predicted octanol–water partition coefficient (Wildman–Crippen LogP) is 5.38. The summed E-state index contributed by atoms with van der Waals surface area (Å²) in [6.45, 7) is 11.2. The second-order valence-electron chi connectivity index (χ2n) is 22.1. The van der Waals surface area contributed by atoms with Gasteiger partial charge in [0.25, 0.3) is 0 Å². The van der Waals surface area contributed by atoms with Gasteiger partial charge in [-0.3, -0.25) is 28.8 Å². The Hall–Kier alpha value is -6.50. The zero-order chi connectivity index (χ0) is 58.4. The third-order valence-electron chi connectivity index (χ3n) is 15.6. The number of carbonyl (C=O) groups is 8. The molecule has 4 aliphatic rings. The van der Waals surface area contributed by atoms with Crippen LogP contribution >= 0.6 is 48.0 Å². The normalized spacial score (nSPS) is 23.4. The van der Waals surface area contributed by atoms with E-state index in [1.165, 1.54) is 14.1 Å². The fraction of sp³-hybridized carbons (Fsp3) is 0.500. The fourth-order valence-electron chi connectivity index (χ4n) is 10.7. The first-order chi connectivity index (χ1) is 37.8. The van der Waals surface area contributed by atoms with Crippen molar-refractivity contribution < 1.29 is 48.6 Å². The zero-order valence-corrected chi connectivity index (χ0v) is 49.4. The highest BCUT2D eigenvalue weighted by Gasteiger charge is 2.56. The van der Waals surface area contributed by atoms with E-state index in [4.69, 9.17) is 24.4 Å². The molecule has 80 heavy (non-hydrogen) atoms. The van der Waals surface area contributed by atoms with E-state index < -0.39 is 95.0 Å². The zero-order valence-electron chi connectivity index (χ0n) is 46.1. The second kappa shape index (κ2) is 26.0. The second-order valence-corrected chi connectivity index (χ2v) is 25.6. The summed E-state index contributed by atoms with van der Waals surface area (Å²) in [5.41, 5.74) is 1.17. The minimum absolute atomic E-state index is 0.0921. The number of likely N-dealkylation sites (N-methyl/N-ethyl adjacent to an activating group) is 2. The van der Waals surface area contributed by atoms with Crippen LogP contribution < -0.4 is 31.9 Å². The SMILES string of the molecule is CC(C(=S)N[C@H]1CCS[C@H]2CC(C)(C)[C@@H](C(=O)N[C@H](C(=O)NCc3ccc(CNC(=O)[C@@H](NC(=O)[C@H]4N5C(=O)[C@@H](NC(=S)C(C)N(C)C(=O)O)CCS[C@H]5CC4(C)C)c4ccccc4)cc3)c3ccccc3)N2C1=O)N(C)C(=O)O. The monoisotopic (exact) mass is 1170 g/mol. The molecule has 24 heteroatoms. The van der Waals surface area contributed by atoms with Crippen LogP contribution in [-0.2, 0) is 41.9 Å². The molecule has 3 aromatic carbocycles. The van der Waals surface area contributed by atoms with Crippen LogP contribution in [0.3, 0.4) is 0 Å². The van der Waals surface area contributed by atoms with Crippen molar-refractivity contribution in [1.82, 2.24) is 51.5 Å². The van der Waals surface area contributed by atoms with Gasteiger partial charge in [0, 0.05) is 27.2 Å². The third-order valence-corrected chi connectivity index (χ3v) is 19.0. The van der Waals surface area contributed by atoms with Gasteiger partial charge >= 0.3 is 12.2 Å². The van der Waals surface area contributed by atoms with E-state index >= 15 is 0 Å². The Labute approximate surface area is 486 Å². The molecular formula is C56H72N10O10S4. The maximum absolute atomic E-state index is 14.6. The van der Waals surface area contributed by atoms with Crippen molar-refractivity contribution in [1.29, 1.82) is 0 Å². The van der Waals surface area contributed by atoms with Crippen LogP contribution in [0.15, 0.2) is 84.9 Å². The van der Waals surface area contributed by atoms with Crippen molar-refractivity contribution in [3.63, 3.8) is 0 Å². The first-order valence-electron chi connectivity index (χ1n) is 26.5. The number of thiocarbonyl (C=S) groups is 2. The first kappa shape index (κ1) is 61.1. The molecule has 4 fully saturated rings. The summed E-state index contributed by atoms with van der Waals surface area (Å²) in [5.74, 6) is -1.42.